The molecule has 104 valence electrons. The molecule has 1 aromatic carbocycles. The van der Waals surface area contributed by atoms with Crippen LogP contribution in [0.5, 0.6) is 5.75 Å². The Morgan fingerprint density at radius 3 is 2.60 bits per heavy atom. The van der Waals surface area contributed by atoms with Crippen molar-refractivity contribution in [1.82, 2.24) is 9.88 Å². The van der Waals surface area contributed by atoms with Crippen molar-refractivity contribution >= 4 is 5.91 Å². The van der Waals surface area contributed by atoms with E-state index in [1.807, 2.05) is 48.5 Å². The summed E-state index contributed by atoms with van der Waals surface area (Å²) < 4.78 is 5.51. The smallest absolute Gasteiger partial charge is 0.226 e. The van der Waals surface area contributed by atoms with Gasteiger partial charge in [-0.3, -0.25) is 9.78 Å². The van der Waals surface area contributed by atoms with Crippen LogP contribution in [-0.4, -0.2) is 29.4 Å². The average Bonchev–Trinajstić information content (AvgIpc) is 2.49. The lowest BCUT2D eigenvalue weighted by molar-refractivity contribution is -0.131. The van der Waals surface area contributed by atoms with E-state index < -0.39 is 0 Å². The van der Waals surface area contributed by atoms with E-state index in [9.17, 15) is 4.79 Å². The Morgan fingerprint density at radius 1 is 1.15 bits per heavy atom. The molecule has 0 atom stereocenters. The van der Waals surface area contributed by atoms with E-state index >= 15 is 0 Å². The summed E-state index contributed by atoms with van der Waals surface area (Å²) in [5, 5.41) is 0. The van der Waals surface area contributed by atoms with Crippen molar-refractivity contribution in [2.24, 2.45) is 0 Å². The molecule has 0 fully saturated rings. The fourth-order valence-corrected chi connectivity index (χ4v) is 1.79. The molecule has 0 aliphatic heterocycles. The first-order chi connectivity index (χ1) is 9.75. The van der Waals surface area contributed by atoms with Crippen molar-refractivity contribution in [2.75, 3.05) is 13.7 Å². The number of ether oxygens (including phenoxy) is 1. The van der Waals surface area contributed by atoms with Gasteiger partial charge in [0.05, 0.1) is 25.3 Å². The second-order valence-corrected chi connectivity index (χ2v) is 4.48. The van der Waals surface area contributed by atoms with Crippen molar-refractivity contribution < 1.29 is 9.53 Å². The van der Waals surface area contributed by atoms with Gasteiger partial charge in [-0.25, -0.2) is 0 Å². The van der Waals surface area contributed by atoms with Gasteiger partial charge in [0.25, 0.3) is 0 Å². The zero-order chi connectivity index (χ0) is 14.2. The highest BCUT2D eigenvalue weighted by Crippen LogP contribution is 2.09. The Labute approximate surface area is 119 Å². The summed E-state index contributed by atoms with van der Waals surface area (Å²) in [6.45, 7) is 0.903. The van der Waals surface area contributed by atoms with E-state index in [2.05, 4.69) is 4.98 Å². The number of rotatable bonds is 6. The van der Waals surface area contributed by atoms with Crippen LogP contribution in [-0.2, 0) is 11.3 Å². The van der Waals surface area contributed by atoms with Crippen molar-refractivity contribution in [1.29, 1.82) is 0 Å². The SMILES string of the molecule is CN(Cc1ccccn1)C(=O)CCOc1ccccc1. The van der Waals surface area contributed by atoms with Crippen LogP contribution in [0.25, 0.3) is 0 Å². The van der Waals surface area contributed by atoms with Gasteiger partial charge in [0, 0.05) is 13.2 Å². The third-order valence-electron chi connectivity index (χ3n) is 2.88. The fraction of sp³-hybridized carbons (Fsp3) is 0.250. The van der Waals surface area contributed by atoms with Gasteiger partial charge in [-0.15, -0.1) is 0 Å². The van der Waals surface area contributed by atoms with Gasteiger partial charge >= 0.3 is 0 Å². The number of benzene rings is 1. The van der Waals surface area contributed by atoms with Crippen molar-refractivity contribution in [3.05, 3.63) is 60.4 Å². The highest BCUT2D eigenvalue weighted by molar-refractivity contribution is 5.75. The van der Waals surface area contributed by atoms with Crippen LogP contribution in [0.2, 0.25) is 0 Å². The summed E-state index contributed by atoms with van der Waals surface area (Å²) in [7, 11) is 1.78. The third kappa shape index (κ3) is 4.39. The molecule has 0 aliphatic carbocycles. The normalized spacial score (nSPS) is 10.1. The van der Waals surface area contributed by atoms with E-state index in [0.29, 0.717) is 19.6 Å². The molecular weight excluding hydrogens is 252 g/mol. The zero-order valence-corrected chi connectivity index (χ0v) is 11.5. The topological polar surface area (TPSA) is 42.4 Å². The molecule has 0 aliphatic rings. The van der Waals surface area contributed by atoms with E-state index in [1.54, 1.807) is 18.1 Å². The van der Waals surface area contributed by atoms with Crippen LogP contribution in [0.15, 0.2) is 54.7 Å². The molecule has 0 unspecified atom stereocenters. The third-order valence-corrected chi connectivity index (χ3v) is 2.88. The Bertz CT molecular complexity index is 529. The maximum atomic E-state index is 12.0. The second-order valence-electron chi connectivity index (χ2n) is 4.48. The summed E-state index contributed by atoms with van der Waals surface area (Å²) in [4.78, 5) is 17.8. The first-order valence-corrected chi connectivity index (χ1v) is 6.57. The fourth-order valence-electron chi connectivity index (χ4n) is 1.79. The first kappa shape index (κ1) is 14.1. The molecular formula is C16H18N2O2. The molecule has 0 saturated carbocycles. The monoisotopic (exact) mass is 270 g/mol. The minimum atomic E-state index is 0.0478. The average molecular weight is 270 g/mol. The number of hydrogen-bond donors (Lipinski definition) is 0. The maximum absolute atomic E-state index is 12.0. The number of hydrogen-bond acceptors (Lipinski definition) is 3. The van der Waals surface area contributed by atoms with Crippen LogP contribution < -0.4 is 4.74 Å². The van der Waals surface area contributed by atoms with Crippen molar-refractivity contribution in [2.45, 2.75) is 13.0 Å². The van der Waals surface area contributed by atoms with Crippen molar-refractivity contribution in [3.63, 3.8) is 0 Å². The summed E-state index contributed by atoms with van der Waals surface area (Å²) in [5.74, 6) is 0.833. The number of carbonyl (C=O) groups excluding carboxylic acids is 1. The highest BCUT2D eigenvalue weighted by Gasteiger charge is 2.09. The van der Waals surface area contributed by atoms with Gasteiger partial charge in [0.1, 0.15) is 5.75 Å². The van der Waals surface area contributed by atoms with E-state index in [1.165, 1.54) is 0 Å². The Morgan fingerprint density at radius 2 is 1.90 bits per heavy atom. The van der Waals surface area contributed by atoms with E-state index in [-0.39, 0.29) is 5.91 Å². The Balaban J connectivity index is 1.74. The molecule has 4 nitrogen and oxygen atoms in total. The van der Waals surface area contributed by atoms with Crippen LogP contribution in [0.4, 0.5) is 0 Å². The Kier molecular flexibility index (Phi) is 5.12. The van der Waals surface area contributed by atoms with Gasteiger partial charge in [0.15, 0.2) is 0 Å². The molecule has 4 heteroatoms. The van der Waals surface area contributed by atoms with Crippen LogP contribution in [0.1, 0.15) is 12.1 Å². The molecule has 1 aromatic heterocycles. The number of carbonyl (C=O) groups is 1. The number of aromatic nitrogens is 1. The second kappa shape index (κ2) is 7.28. The summed E-state index contributed by atoms with van der Waals surface area (Å²) in [6.07, 6.45) is 2.09. The van der Waals surface area contributed by atoms with Gasteiger partial charge in [-0.1, -0.05) is 24.3 Å². The lowest BCUT2D eigenvalue weighted by atomic mass is 10.3. The lowest BCUT2D eigenvalue weighted by Gasteiger charge is -2.16. The summed E-state index contributed by atoms with van der Waals surface area (Å²) in [6, 6.07) is 15.2. The summed E-state index contributed by atoms with van der Waals surface area (Å²) in [5.41, 5.74) is 0.882. The van der Waals surface area contributed by atoms with Crippen molar-refractivity contribution in [3.8, 4) is 5.75 Å². The quantitative estimate of drug-likeness (QED) is 0.810. The van der Waals surface area contributed by atoms with Crippen LogP contribution in [0.3, 0.4) is 0 Å². The van der Waals surface area contributed by atoms with Gasteiger partial charge in [-0.2, -0.15) is 0 Å². The van der Waals surface area contributed by atoms with Gasteiger partial charge in [-0.05, 0) is 24.3 Å². The molecule has 0 radical (unpaired) electrons. The number of pyridine rings is 1. The minimum absolute atomic E-state index is 0.0478. The molecule has 0 saturated heterocycles. The molecule has 1 heterocycles. The number of amides is 1. The minimum Gasteiger partial charge on any atom is -0.493 e. The van der Waals surface area contributed by atoms with Gasteiger partial charge in [0.2, 0.25) is 5.91 Å². The highest BCUT2D eigenvalue weighted by atomic mass is 16.5. The molecule has 0 bridgehead atoms. The largest absolute Gasteiger partial charge is 0.493 e. The van der Waals surface area contributed by atoms with Crippen LogP contribution in [0, 0.1) is 0 Å². The number of nitrogens with zero attached hydrogens (tertiary/aromatic N) is 2. The standard InChI is InChI=1S/C16H18N2O2/c1-18(13-14-7-5-6-11-17-14)16(19)10-12-20-15-8-3-2-4-9-15/h2-9,11H,10,12-13H2,1H3. The first-order valence-electron chi connectivity index (χ1n) is 6.57. The number of para-hydroxylation sites is 1. The lowest BCUT2D eigenvalue weighted by Crippen LogP contribution is -2.27. The molecule has 0 spiro atoms. The van der Waals surface area contributed by atoms with E-state index in [0.717, 1.165) is 11.4 Å². The maximum Gasteiger partial charge on any atom is 0.226 e. The predicted molar refractivity (Wildman–Crippen MR) is 77.3 cm³/mol. The molecule has 2 aromatic rings. The van der Waals surface area contributed by atoms with Gasteiger partial charge < -0.3 is 9.64 Å². The molecule has 2 rings (SSSR count). The molecule has 0 N–H and O–H groups in total. The molecule has 1 amide bonds. The van der Waals surface area contributed by atoms with E-state index in [4.69, 9.17) is 4.74 Å². The Hall–Kier alpha value is -2.36. The molecule has 20 heavy (non-hydrogen) atoms. The predicted octanol–water partition coefficient (Wildman–Crippen LogP) is 2.51. The summed E-state index contributed by atoms with van der Waals surface area (Å²) >= 11 is 0. The van der Waals surface area contributed by atoms with Crippen LogP contribution >= 0.6 is 0 Å². The zero-order valence-electron chi connectivity index (χ0n) is 11.5.